The van der Waals surface area contributed by atoms with Crippen LogP contribution in [0.1, 0.15) is 30.9 Å². The van der Waals surface area contributed by atoms with E-state index in [-0.39, 0.29) is 0 Å². The van der Waals surface area contributed by atoms with Crippen LogP contribution in [0.3, 0.4) is 0 Å². The van der Waals surface area contributed by atoms with E-state index in [4.69, 9.17) is 26.4 Å². The summed E-state index contributed by atoms with van der Waals surface area (Å²) >= 11 is 5.85. The fraction of sp³-hybridized carbons (Fsp3) is 0.500. The van der Waals surface area contributed by atoms with Gasteiger partial charge in [-0.15, -0.1) is 0 Å². The number of methoxy groups -OCH3 is 2. The van der Waals surface area contributed by atoms with Gasteiger partial charge in [0.05, 0.1) is 27.4 Å². The molecular formula is C26H37N3O3S. The van der Waals surface area contributed by atoms with E-state index < -0.39 is 0 Å². The molecule has 0 saturated carbocycles. The molecule has 1 aliphatic heterocycles. The highest BCUT2D eigenvalue weighted by Crippen LogP contribution is 2.28. The van der Waals surface area contributed by atoms with Gasteiger partial charge < -0.3 is 24.4 Å². The molecule has 1 saturated heterocycles. The molecule has 180 valence electrons. The zero-order valence-electron chi connectivity index (χ0n) is 20.1. The number of ether oxygens (including phenoxy) is 3. The van der Waals surface area contributed by atoms with Crippen LogP contribution in [0.4, 0.5) is 5.69 Å². The van der Waals surface area contributed by atoms with Crippen molar-refractivity contribution in [3.63, 3.8) is 0 Å². The van der Waals surface area contributed by atoms with Crippen LogP contribution < -0.4 is 14.8 Å². The van der Waals surface area contributed by atoms with Crippen molar-refractivity contribution in [1.29, 1.82) is 0 Å². The van der Waals surface area contributed by atoms with Gasteiger partial charge in [0, 0.05) is 38.4 Å². The normalized spacial score (nSPS) is 14.0. The highest BCUT2D eigenvalue weighted by Gasteiger charge is 2.16. The van der Waals surface area contributed by atoms with Crippen LogP contribution >= 0.6 is 12.2 Å². The molecule has 2 aromatic carbocycles. The average molecular weight is 472 g/mol. The molecule has 6 nitrogen and oxygen atoms in total. The molecule has 33 heavy (non-hydrogen) atoms. The number of aryl methyl sites for hydroxylation is 1. The second-order valence-corrected chi connectivity index (χ2v) is 8.68. The molecule has 3 rings (SSSR count). The van der Waals surface area contributed by atoms with E-state index in [0.717, 1.165) is 73.7 Å². The Morgan fingerprint density at radius 1 is 1.03 bits per heavy atom. The first kappa shape index (κ1) is 25.3. The third kappa shape index (κ3) is 7.88. The fourth-order valence-electron chi connectivity index (χ4n) is 3.88. The van der Waals surface area contributed by atoms with Crippen LogP contribution in [0.25, 0.3) is 0 Å². The first-order valence-corrected chi connectivity index (χ1v) is 12.2. The Morgan fingerprint density at radius 3 is 2.39 bits per heavy atom. The molecule has 1 fully saturated rings. The summed E-state index contributed by atoms with van der Waals surface area (Å²) in [5, 5.41) is 4.16. The Kier molecular flexibility index (Phi) is 10.2. The Balaban J connectivity index is 1.69. The standard InChI is InChI=1S/C26H37N3O3S/c1-4-5-6-21-7-10-23(11-8-21)27-26(33)29(14-13-28-15-17-32-18-16-28)20-22-9-12-24(30-2)25(19-22)31-3/h7-12,19H,4-6,13-18,20H2,1-3H3,(H,27,33). The number of anilines is 1. The molecule has 0 unspecified atom stereocenters. The number of thiocarbonyl (C=S) groups is 1. The van der Waals surface area contributed by atoms with Gasteiger partial charge in [-0.2, -0.15) is 0 Å². The summed E-state index contributed by atoms with van der Waals surface area (Å²) in [6.07, 6.45) is 3.54. The maximum absolute atomic E-state index is 5.85. The maximum Gasteiger partial charge on any atom is 0.173 e. The van der Waals surface area contributed by atoms with Crippen molar-refractivity contribution in [3.05, 3.63) is 53.6 Å². The third-order valence-corrected chi connectivity index (χ3v) is 6.28. The lowest BCUT2D eigenvalue weighted by molar-refractivity contribution is 0.0358. The molecule has 0 aliphatic carbocycles. The lowest BCUT2D eigenvalue weighted by Gasteiger charge is -2.31. The molecule has 0 spiro atoms. The summed E-state index contributed by atoms with van der Waals surface area (Å²) in [4.78, 5) is 4.65. The molecular weight excluding hydrogens is 434 g/mol. The van der Waals surface area contributed by atoms with Gasteiger partial charge in [0.1, 0.15) is 0 Å². The van der Waals surface area contributed by atoms with Gasteiger partial charge in [0.25, 0.3) is 0 Å². The summed E-state index contributed by atoms with van der Waals surface area (Å²) in [6, 6.07) is 14.6. The van der Waals surface area contributed by atoms with Crippen molar-refractivity contribution >= 4 is 23.0 Å². The lowest BCUT2D eigenvalue weighted by Crippen LogP contribution is -2.43. The van der Waals surface area contributed by atoms with Crippen molar-refractivity contribution in [2.24, 2.45) is 0 Å². The quantitative estimate of drug-likeness (QED) is 0.482. The summed E-state index contributed by atoms with van der Waals surface area (Å²) in [6.45, 7) is 8.19. The Bertz CT molecular complexity index is 870. The lowest BCUT2D eigenvalue weighted by atomic mass is 10.1. The predicted octanol–water partition coefficient (Wildman–Crippen LogP) is 4.58. The zero-order chi connectivity index (χ0) is 23.5. The maximum atomic E-state index is 5.85. The number of nitrogens with one attached hydrogen (secondary N) is 1. The smallest absolute Gasteiger partial charge is 0.173 e. The summed E-state index contributed by atoms with van der Waals surface area (Å²) in [5.41, 5.74) is 3.50. The average Bonchev–Trinajstić information content (AvgIpc) is 2.86. The molecule has 0 atom stereocenters. The van der Waals surface area contributed by atoms with Crippen molar-refractivity contribution in [2.75, 3.05) is 58.9 Å². The summed E-state index contributed by atoms with van der Waals surface area (Å²) < 4.78 is 16.4. The van der Waals surface area contributed by atoms with Gasteiger partial charge in [-0.05, 0) is 60.5 Å². The van der Waals surface area contributed by atoms with E-state index in [1.807, 2.05) is 12.1 Å². The topological polar surface area (TPSA) is 46.2 Å². The van der Waals surface area contributed by atoms with Gasteiger partial charge >= 0.3 is 0 Å². The highest BCUT2D eigenvalue weighted by molar-refractivity contribution is 7.80. The first-order valence-electron chi connectivity index (χ1n) is 11.8. The third-order valence-electron chi connectivity index (χ3n) is 5.92. The van der Waals surface area contributed by atoms with Crippen LogP contribution in [0.2, 0.25) is 0 Å². The van der Waals surface area contributed by atoms with Gasteiger partial charge in [-0.1, -0.05) is 31.5 Å². The van der Waals surface area contributed by atoms with E-state index in [1.165, 1.54) is 18.4 Å². The minimum absolute atomic E-state index is 0.686. The van der Waals surface area contributed by atoms with Crippen LogP contribution in [-0.2, 0) is 17.7 Å². The van der Waals surface area contributed by atoms with Crippen molar-refractivity contribution in [3.8, 4) is 11.5 Å². The number of morpholine rings is 1. The molecule has 0 radical (unpaired) electrons. The highest BCUT2D eigenvalue weighted by atomic mass is 32.1. The van der Waals surface area contributed by atoms with Crippen molar-refractivity contribution < 1.29 is 14.2 Å². The van der Waals surface area contributed by atoms with Gasteiger partial charge in [0.2, 0.25) is 0 Å². The van der Waals surface area contributed by atoms with Crippen LogP contribution in [0.5, 0.6) is 11.5 Å². The van der Waals surface area contributed by atoms with Crippen LogP contribution in [0.15, 0.2) is 42.5 Å². The van der Waals surface area contributed by atoms with E-state index >= 15 is 0 Å². The molecule has 1 N–H and O–H groups in total. The fourth-order valence-corrected chi connectivity index (χ4v) is 4.15. The first-order chi connectivity index (χ1) is 16.1. The Labute approximate surface area is 203 Å². The molecule has 0 amide bonds. The van der Waals surface area contributed by atoms with E-state index in [1.54, 1.807) is 14.2 Å². The zero-order valence-corrected chi connectivity index (χ0v) is 21.0. The molecule has 0 bridgehead atoms. The van der Waals surface area contributed by atoms with Gasteiger partial charge in [-0.25, -0.2) is 0 Å². The van der Waals surface area contributed by atoms with E-state index in [9.17, 15) is 0 Å². The molecule has 0 aromatic heterocycles. The largest absolute Gasteiger partial charge is 0.493 e. The predicted molar refractivity (Wildman–Crippen MR) is 138 cm³/mol. The number of nitrogens with zero attached hydrogens (tertiary/aromatic N) is 2. The monoisotopic (exact) mass is 471 g/mol. The SMILES string of the molecule is CCCCc1ccc(NC(=S)N(CCN2CCOCC2)Cc2ccc(OC)c(OC)c2)cc1. The molecule has 2 aromatic rings. The van der Waals surface area contributed by atoms with Gasteiger partial charge in [0.15, 0.2) is 16.6 Å². The number of rotatable bonds is 11. The Morgan fingerprint density at radius 2 is 1.73 bits per heavy atom. The van der Waals surface area contributed by atoms with Crippen LogP contribution in [-0.4, -0.2) is 68.5 Å². The van der Waals surface area contributed by atoms with Gasteiger partial charge in [-0.3, -0.25) is 4.90 Å². The number of benzene rings is 2. The van der Waals surface area contributed by atoms with E-state index in [2.05, 4.69) is 52.4 Å². The number of unbranched alkanes of at least 4 members (excludes halogenated alkanes) is 1. The van der Waals surface area contributed by atoms with Crippen LogP contribution in [0, 0.1) is 0 Å². The Hall–Kier alpha value is -2.35. The van der Waals surface area contributed by atoms with E-state index in [0.29, 0.717) is 6.54 Å². The van der Waals surface area contributed by atoms with Crippen molar-refractivity contribution in [1.82, 2.24) is 9.80 Å². The van der Waals surface area contributed by atoms with Crippen molar-refractivity contribution in [2.45, 2.75) is 32.7 Å². The summed E-state index contributed by atoms with van der Waals surface area (Å²) in [7, 11) is 3.31. The molecule has 7 heteroatoms. The summed E-state index contributed by atoms with van der Waals surface area (Å²) in [5.74, 6) is 1.45. The molecule has 1 aliphatic rings. The number of hydrogen-bond acceptors (Lipinski definition) is 5. The second kappa shape index (κ2) is 13.4. The minimum atomic E-state index is 0.686. The number of hydrogen-bond donors (Lipinski definition) is 1. The second-order valence-electron chi connectivity index (χ2n) is 8.30. The minimum Gasteiger partial charge on any atom is -0.493 e. The molecule has 1 heterocycles.